The molecule has 0 aromatic heterocycles. The molecule has 5 nitrogen and oxygen atoms in total. The van der Waals surface area contributed by atoms with Gasteiger partial charge in [-0.1, -0.05) is 6.92 Å². The molecule has 1 aromatic carbocycles. The molecule has 0 atom stereocenters. The first-order valence-corrected chi connectivity index (χ1v) is 6.45. The van der Waals surface area contributed by atoms with Crippen LogP contribution >= 0.6 is 15.9 Å². The summed E-state index contributed by atoms with van der Waals surface area (Å²) in [6.07, 6.45) is 0.0821. The van der Waals surface area contributed by atoms with Gasteiger partial charge in [0.15, 0.2) is 0 Å². The van der Waals surface area contributed by atoms with Gasteiger partial charge in [-0.05, 0) is 34.1 Å². The maximum absolute atomic E-state index is 11.4. The quantitative estimate of drug-likeness (QED) is 0.933. The number of nitrogens with zero attached hydrogens (tertiary/aromatic N) is 1. The van der Waals surface area contributed by atoms with Gasteiger partial charge in [0.2, 0.25) is 5.91 Å². The zero-order valence-electron chi connectivity index (χ0n) is 9.90. The summed E-state index contributed by atoms with van der Waals surface area (Å²) in [5.41, 5.74) is 1.44. The highest BCUT2D eigenvalue weighted by Gasteiger charge is 2.25. The van der Waals surface area contributed by atoms with Crippen molar-refractivity contribution in [3.63, 3.8) is 0 Å². The van der Waals surface area contributed by atoms with E-state index < -0.39 is 0 Å². The largest absolute Gasteiger partial charge is 0.447 e. The Morgan fingerprint density at radius 1 is 1.56 bits per heavy atom. The Morgan fingerprint density at radius 3 is 2.89 bits per heavy atom. The molecule has 1 saturated heterocycles. The zero-order chi connectivity index (χ0) is 13.1. The molecule has 1 aliphatic heterocycles. The Kier molecular flexibility index (Phi) is 3.86. The van der Waals surface area contributed by atoms with E-state index in [1.54, 1.807) is 30.0 Å². The zero-order valence-corrected chi connectivity index (χ0v) is 11.5. The molecule has 2 rings (SSSR count). The van der Waals surface area contributed by atoms with Gasteiger partial charge < -0.3 is 10.1 Å². The number of nitrogens with one attached hydrogen (secondary N) is 1. The first-order valence-electron chi connectivity index (χ1n) is 5.65. The molecule has 1 heterocycles. The van der Waals surface area contributed by atoms with Crippen molar-refractivity contribution in [2.45, 2.75) is 13.3 Å². The van der Waals surface area contributed by atoms with Crippen molar-refractivity contribution in [2.75, 3.05) is 23.4 Å². The number of hydrogen-bond donors (Lipinski definition) is 1. The monoisotopic (exact) mass is 312 g/mol. The van der Waals surface area contributed by atoms with Crippen LogP contribution in [0.4, 0.5) is 16.2 Å². The molecule has 0 saturated carbocycles. The number of hydrogen-bond acceptors (Lipinski definition) is 3. The van der Waals surface area contributed by atoms with Gasteiger partial charge in [-0.2, -0.15) is 0 Å². The standard InChI is InChI=1S/C12H13BrN2O3/c1-2-11(16)14-8-3-4-10(9(13)7-8)15-5-6-18-12(15)17/h3-4,7H,2,5-6H2,1H3,(H,14,16). The number of rotatable bonds is 3. The maximum atomic E-state index is 11.4. The fourth-order valence-electron chi connectivity index (χ4n) is 1.67. The van der Waals surface area contributed by atoms with Crippen LogP contribution in [0.2, 0.25) is 0 Å². The van der Waals surface area contributed by atoms with Crippen LogP contribution in [0.25, 0.3) is 0 Å². The maximum Gasteiger partial charge on any atom is 0.414 e. The van der Waals surface area contributed by atoms with Crippen molar-refractivity contribution >= 4 is 39.3 Å². The predicted molar refractivity (Wildman–Crippen MR) is 71.8 cm³/mol. The summed E-state index contributed by atoms with van der Waals surface area (Å²) in [7, 11) is 0. The van der Waals surface area contributed by atoms with Crippen LogP contribution in [0.5, 0.6) is 0 Å². The Morgan fingerprint density at radius 2 is 2.33 bits per heavy atom. The number of carbonyl (C=O) groups is 2. The predicted octanol–water partition coefficient (Wildman–Crippen LogP) is 2.75. The van der Waals surface area contributed by atoms with E-state index >= 15 is 0 Å². The average molecular weight is 313 g/mol. The van der Waals surface area contributed by atoms with Crippen LogP contribution in [0.3, 0.4) is 0 Å². The second-order valence-corrected chi connectivity index (χ2v) is 4.69. The third-order valence-electron chi connectivity index (χ3n) is 2.60. The molecule has 0 aliphatic carbocycles. The Hall–Kier alpha value is -1.56. The van der Waals surface area contributed by atoms with E-state index in [4.69, 9.17) is 4.74 Å². The SMILES string of the molecule is CCC(=O)Nc1ccc(N2CCOC2=O)c(Br)c1. The minimum Gasteiger partial charge on any atom is -0.447 e. The number of halogens is 1. The number of anilines is 2. The van der Waals surface area contributed by atoms with Crippen LogP contribution in [-0.2, 0) is 9.53 Å². The third-order valence-corrected chi connectivity index (χ3v) is 3.24. The number of benzene rings is 1. The Bertz CT molecular complexity index is 490. The first kappa shape index (κ1) is 12.9. The van der Waals surface area contributed by atoms with Gasteiger partial charge in [0, 0.05) is 16.6 Å². The van der Waals surface area contributed by atoms with E-state index in [1.165, 1.54) is 0 Å². The molecular weight excluding hydrogens is 300 g/mol. The smallest absolute Gasteiger partial charge is 0.414 e. The minimum atomic E-state index is -0.346. The van der Waals surface area contributed by atoms with Crippen molar-refractivity contribution in [2.24, 2.45) is 0 Å². The Balaban J connectivity index is 2.19. The number of cyclic esters (lactones) is 1. The third kappa shape index (κ3) is 2.64. The van der Waals surface area contributed by atoms with Crippen LogP contribution in [0, 0.1) is 0 Å². The van der Waals surface area contributed by atoms with Gasteiger partial charge in [0.25, 0.3) is 0 Å². The van der Waals surface area contributed by atoms with Crippen molar-refractivity contribution in [1.29, 1.82) is 0 Å². The molecule has 2 amide bonds. The van der Waals surface area contributed by atoms with Crippen molar-refractivity contribution in [3.05, 3.63) is 22.7 Å². The minimum absolute atomic E-state index is 0.0461. The molecule has 18 heavy (non-hydrogen) atoms. The van der Waals surface area contributed by atoms with E-state index in [0.29, 0.717) is 25.3 Å². The highest BCUT2D eigenvalue weighted by molar-refractivity contribution is 9.10. The Labute approximate surface area is 113 Å². The molecule has 1 aliphatic rings. The van der Waals surface area contributed by atoms with Gasteiger partial charge in [-0.3, -0.25) is 9.69 Å². The van der Waals surface area contributed by atoms with Crippen LogP contribution in [0.15, 0.2) is 22.7 Å². The number of ether oxygens (including phenoxy) is 1. The summed E-state index contributed by atoms with van der Waals surface area (Å²) in [5, 5.41) is 2.76. The lowest BCUT2D eigenvalue weighted by Crippen LogP contribution is -2.23. The molecule has 1 aromatic rings. The van der Waals surface area contributed by atoms with E-state index in [2.05, 4.69) is 21.2 Å². The normalized spacial score (nSPS) is 14.6. The highest BCUT2D eigenvalue weighted by atomic mass is 79.9. The topological polar surface area (TPSA) is 58.6 Å². The van der Waals surface area contributed by atoms with Gasteiger partial charge in [-0.25, -0.2) is 4.79 Å². The molecule has 0 unspecified atom stereocenters. The van der Waals surface area contributed by atoms with Gasteiger partial charge in [0.1, 0.15) is 6.61 Å². The second-order valence-electron chi connectivity index (χ2n) is 3.83. The molecule has 96 valence electrons. The van der Waals surface area contributed by atoms with E-state index in [1.807, 2.05) is 0 Å². The van der Waals surface area contributed by atoms with E-state index in [0.717, 1.165) is 10.2 Å². The molecule has 0 bridgehead atoms. The molecule has 6 heteroatoms. The lowest BCUT2D eigenvalue weighted by molar-refractivity contribution is -0.115. The summed E-state index contributed by atoms with van der Waals surface area (Å²) in [6, 6.07) is 5.32. The molecule has 1 fully saturated rings. The molecular formula is C12H13BrN2O3. The number of amides is 2. The van der Waals surface area contributed by atoms with Crippen molar-refractivity contribution < 1.29 is 14.3 Å². The highest BCUT2D eigenvalue weighted by Crippen LogP contribution is 2.31. The van der Waals surface area contributed by atoms with Gasteiger partial charge in [-0.15, -0.1) is 0 Å². The summed E-state index contributed by atoms with van der Waals surface area (Å²) < 4.78 is 5.63. The molecule has 1 N–H and O–H groups in total. The number of carbonyl (C=O) groups excluding carboxylic acids is 2. The second kappa shape index (κ2) is 5.39. The van der Waals surface area contributed by atoms with Crippen molar-refractivity contribution in [1.82, 2.24) is 0 Å². The summed E-state index contributed by atoms with van der Waals surface area (Å²) in [4.78, 5) is 24.3. The van der Waals surface area contributed by atoms with Crippen LogP contribution < -0.4 is 10.2 Å². The molecule has 0 radical (unpaired) electrons. The summed E-state index contributed by atoms with van der Waals surface area (Å²) in [6.45, 7) is 2.73. The van der Waals surface area contributed by atoms with E-state index in [-0.39, 0.29) is 12.0 Å². The van der Waals surface area contributed by atoms with Crippen LogP contribution in [-0.4, -0.2) is 25.2 Å². The van der Waals surface area contributed by atoms with Crippen LogP contribution in [0.1, 0.15) is 13.3 Å². The van der Waals surface area contributed by atoms with Crippen molar-refractivity contribution in [3.8, 4) is 0 Å². The fraction of sp³-hybridized carbons (Fsp3) is 0.333. The lowest BCUT2D eigenvalue weighted by Gasteiger charge is -2.15. The fourth-order valence-corrected chi connectivity index (χ4v) is 2.26. The van der Waals surface area contributed by atoms with Gasteiger partial charge >= 0.3 is 6.09 Å². The van der Waals surface area contributed by atoms with Gasteiger partial charge in [0.05, 0.1) is 12.2 Å². The average Bonchev–Trinajstić information content (AvgIpc) is 2.75. The lowest BCUT2D eigenvalue weighted by atomic mass is 10.2. The summed E-state index contributed by atoms with van der Waals surface area (Å²) in [5.74, 6) is -0.0461. The molecule has 0 spiro atoms. The van der Waals surface area contributed by atoms with E-state index in [9.17, 15) is 9.59 Å². The first-order chi connectivity index (χ1) is 8.61. The summed E-state index contributed by atoms with van der Waals surface area (Å²) >= 11 is 3.40.